The Labute approximate surface area is 117 Å². The third kappa shape index (κ3) is 2.98. The molecule has 0 unspecified atom stereocenters. The van der Waals surface area contributed by atoms with E-state index in [4.69, 9.17) is 0 Å². The van der Waals surface area contributed by atoms with E-state index < -0.39 is 11.6 Å². The molecule has 0 saturated carbocycles. The molecule has 2 aromatic rings. The predicted molar refractivity (Wildman–Crippen MR) is 75.6 cm³/mol. The van der Waals surface area contributed by atoms with Gasteiger partial charge in [0.15, 0.2) is 11.6 Å². The molecule has 0 radical (unpaired) electrons. The number of aryl methyl sites for hydroxylation is 1. The smallest absolute Gasteiger partial charge is 0.181 e. The van der Waals surface area contributed by atoms with Crippen LogP contribution in [0.5, 0.6) is 0 Å². The van der Waals surface area contributed by atoms with Crippen LogP contribution in [0.15, 0.2) is 24.4 Å². The van der Waals surface area contributed by atoms with Gasteiger partial charge in [-0.2, -0.15) is 5.10 Å². The molecule has 0 amide bonds. The molecule has 3 nitrogen and oxygen atoms in total. The number of aromatic nitrogens is 2. The Morgan fingerprint density at radius 1 is 1.25 bits per heavy atom. The summed E-state index contributed by atoms with van der Waals surface area (Å²) in [6, 6.07) is 4.10. The first kappa shape index (κ1) is 14.5. The van der Waals surface area contributed by atoms with Crippen molar-refractivity contribution in [2.75, 3.05) is 5.32 Å². The van der Waals surface area contributed by atoms with Crippen molar-refractivity contribution in [2.45, 2.75) is 32.7 Å². The maximum absolute atomic E-state index is 13.6. The van der Waals surface area contributed by atoms with E-state index in [1.807, 2.05) is 13.2 Å². The SMILES string of the molecule is Cn1cc(CNc2cccc(F)c2F)c(C(C)(C)C)n1. The molecule has 0 fully saturated rings. The summed E-state index contributed by atoms with van der Waals surface area (Å²) in [7, 11) is 1.85. The van der Waals surface area contributed by atoms with Crippen molar-refractivity contribution in [3.63, 3.8) is 0 Å². The molecule has 0 saturated heterocycles. The highest BCUT2D eigenvalue weighted by Gasteiger charge is 2.21. The van der Waals surface area contributed by atoms with Crippen LogP contribution in [0.2, 0.25) is 0 Å². The molecule has 0 bridgehead atoms. The summed E-state index contributed by atoms with van der Waals surface area (Å²) in [5.74, 6) is -1.70. The molecule has 1 aromatic carbocycles. The minimum Gasteiger partial charge on any atom is -0.378 e. The lowest BCUT2D eigenvalue weighted by Crippen LogP contribution is -2.16. The van der Waals surface area contributed by atoms with Crippen molar-refractivity contribution >= 4 is 5.69 Å². The van der Waals surface area contributed by atoms with Crippen molar-refractivity contribution in [3.05, 3.63) is 47.3 Å². The van der Waals surface area contributed by atoms with Crippen LogP contribution < -0.4 is 5.32 Å². The first-order valence-electron chi connectivity index (χ1n) is 6.50. The summed E-state index contributed by atoms with van der Waals surface area (Å²) in [5.41, 5.74) is 1.99. The van der Waals surface area contributed by atoms with Gasteiger partial charge < -0.3 is 5.32 Å². The number of hydrogen-bond acceptors (Lipinski definition) is 2. The molecule has 1 N–H and O–H groups in total. The second-order valence-corrected chi connectivity index (χ2v) is 5.88. The molecule has 0 spiro atoms. The number of halogens is 2. The van der Waals surface area contributed by atoms with Crippen molar-refractivity contribution in [1.82, 2.24) is 9.78 Å². The van der Waals surface area contributed by atoms with Crippen LogP contribution in [0.3, 0.4) is 0 Å². The topological polar surface area (TPSA) is 29.9 Å². The second kappa shape index (κ2) is 5.23. The Kier molecular flexibility index (Phi) is 3.79. The third-order valence-electron chi connectivity index (χ3n) is 3.04. The van der Waals surface area contributed by atoms with Gasteiger partial charge in [0, 0.05) is 30.8 Å². The number of nitrogens with zero attached hydrogens (tertiary/aromatic N) is 2. The van der Waals surface area contributed by atoms with E-state index in [9.17, 15) is 8.78 Å². The molecule has 1 heterocycles. The van der Waals surface area contributed by atoms with Crippen molar-refractivity contribution < 1.29 is 8.78 Å². The number of anilines is 1. The first-order chi connectivity index (χ1) is 9.29. The van der Waals surface area contributed by atoms with E-state index in [-0.39, 0.29) is 11.1 Å². The summed E-state index contributed by atoms with van der Waals surface area (Å²) < 4.78 is 28.5. The normalized spacial score (nSPS) is 11.7. The Morgan fingerprint density at radius 2 is 1.95 bits per heavy atom. The summed E-state index contributed by atoms with van der Waals surface area (Å²) in [5, 5.41) is 7.37. The first-order valence-corrected chi connectivity index (χ1v) is 6.50. The fourth-order valence-corrected chi connectivity index (χ4v) is 2.13. The molecule has 0 atom stereocenters. The predicted octanol–water partition coefficient (Wildman–Crippen LogP) is 3.61. The van der Waals surface area contributed by atoms with Crippen molar-refractivity contribution in [1.29, 1.82) is 0 Å². The average molecular weight is 279 g/mol. The number of benzene rings is 1. The van der Waals surface area contributed by atoms with Gasteiger partial charge in [0.1, 0.15) is 0 Å². The van der Waals surface area contributed by atoms with E-state index in [1.165, 1.54) is 12.1 Å². The average Bonchev–Trinajstić information content (AvgIpc) is 2.72. The molecule has 108 valence electrons. The Morgan fingerprint density at radius 3 is 2.60 bits per heavy atom. The minimum absolute atomic E-state index is 0.0985. The fraction of sp³-hybridized carbons (Fsp3) is 0.400. The van der Waals surface area contributed by atoms with Gasteiger partial charge in [0.2, 0.25) is 0 Å². The summed E-state index contributed by atoms with van der Waals surface area (Å²) in [6.07, 6.45) is 1.89. The minimum atomic E-state index is -0.853. The third-order valence-corrected chi connectivity index (χ3v) is 3.04. The Hall–Kier alpha value is -1.91. The van der Waals surface area contributed by atoms with E-state index >= 15 is 0 Å². The lowest BCUT2D eigenvalue weighted by atomic mass is 9.89. The largest absolute Gasteiger partial charge is 0.378 e. The monoisotopic (exact) mass is 279 g/mol. The van der Waals surface area contributed by atoms with Crippen LogP contribution in [-0.4, -0.2) is 9.78 Å². The van der Waals surface area contributed by atoms with E-state index in [0.29, 0.717) is 6.54 Å². The zero-order valence-electron chi connectivity index (χ0n) is 12.2. The Balaban J connectivity index is 2.21. The number of nitrogens with one attached hydrogen (secondary N) is 1. The van der Waals surface area contributed by atoms with Gasteiger partial charge in [-0.3, -0.25) is 4.68 Å². The van der Waals surface area contributed by atoms with Gasteiger partial charge in [0.25, 0.3) is 0 Å². The summed E-state index contributed by atoms with van der Waals surface area (Å²) in [4.78, 5) is 0. The van der Waals surface area contributed by atoms with Gasteiger partial charge in [0.05, 0.1) is 11.4 Å². The summed E-state index contributed by atoms with van der Waals surface area (Å²) >= 11 is 0. The highest BCUT2D eigenvalue weighted by molar-refractivity contribution is 5.45. The molecular weight excluding hydrogens is 260 g/mol. The molecule has 5 heteroatoms. The fourth-order valence-electron chi connectivity index (χ4n) is 2.13. The molecular formula is C15H19F2N3. The van der Waals surface area contributed by atoms with E-state index in [2.05, 4.69) is 31.2 Å². The summed E-state index contributed by atoms with van der Waals surface area (Å²) in [6.45, 7) is 6.62. The van der Waals surface area contributed by atoms with Crippen molar-refractivity contribution in [2.24, 2.45) is 7.05 Å². The molecule has 20 heavy (non-hydrogen) atoms. The van der Waals surface area contributed by atoms with E-state index in [1.54, 1.807) is 4.68 Å². The lowest BCUT2D eigenvalue weighted by Gasteiger charge is -2.18. The molecule has 0 aliphatic rings. The quantitative estimate of drug-likeness (QED) is 0.930. The van der Waals surface area contributed by atoms with E-state index in [0.717, 1.165) is 17.3 Å². The maximum Gasteiger partial charge on any atom is 0.181 e. The maximum atomic E-state index is 13.6. The van der Waals surface area contributed by atoms with Gasteiger partial charge >= 0.3 is 0 Å². The van der Waals surface area contributed by atoms with Crippen LogP contribution in [-0.2, 0) is 19.0 Å². The molecule has 2 rings (SSSR count). The van der Waals surface area contributed by atoms with Gasteiger partial charge in [-0.05, 0) is 12.1 Å². The van der Waals surface area contributed by atoms with Gasteiger partial charge in [-0.1, -0.05) is 26.8 Å². The van der Waals surface area contributed by atoms with Crippen LogP contribution in [0, 0.1) is 11.6 Å². The van der Waals surface area contributed by atoms with Crippen molar-refractivity contribution in [3.8, 4) is 0 Å². The highest BCUT2D eigenvalue weighted by atomic mass is 19.2. The highest BCUT2D eigenvalue weighted by Crippen LogP contribution is 2.25. The number of hydrogen-bond donors (Lipinski definition) is 1. The lowest BCUT2D eigenvalue weighted by molar-refractivity contribution is 0.510. The standard InChI is InChI=1S/C15H19F2N3/c1-15(2,3)14-10(9-20(4)19-14)8-18-12-7-5-6-11(16)13(12)17/h5-7,9,18H,8H2,1-4H3. The van der Waals surface area contributed by atoms with Crippen LogP contribution >= 0.6 is 0 Å². The van der Waals surface area contributed by atoms with Gasteiger partial charge in [-0.15, -0.1) is 0 Å². The number of rotatable bonds is 3. The molecule has 0 aliphatic carbocycles. The van der Waals surface area contributed by atoms with Gasteiger partial charge in [-0.25, -0.2) is 8.78 Å². The zero-order valence-corrected chi connectivity index (χ0v) is 12.2. The van der Waals surface area contributed by atoms with Crippen LogP contribution in [0.1, 0.15) is 32.0 Å². The second-order valence-electron chi connectivity index (χ2n) is 5.88. The van der Waals surface area contributed by atoms with Crippen LogP contribution in [0.25, 0.3) is 0 Å². The Bertz CT molecular complexity index is 612. The van der Waals surface area contributed by atoms with Crippen LogP contribution in [0.4, 0.5) is 14.5 Å². The zero-order chi connectivity index (χ0) is 14.9. The molecule has 1 aromatic heterocycles. The molecule has 0 aliphatic heterocycles.